The van der Waals surface area contributed by atoms with E-state index in [2.05, 4.69) is 11.0 Å². The first-order valence-electron chi connectivity index (χ1n) is 9.79. The zero-order chi connectivity index (χ0) is 20.7. The van der Waals surface area contributed by atoms with Crippen LogP contribution in [0.5, 0.6) is 5.75 Å². The van der Waals surface area contributed by atoms with Gasteiger partial charge in [-0.1, -0.05) is 0 Å². The summed E-state index contributed by atoms with van der Waals surface area (Å²) in [6, 6.07) is 16.3. The van der Waals surface area contributed by atoms with Crippen molar-refractivity contribution in [1.29, 1.82) is 0 Å². The van der Waals surface area contributed by atoms with E-state index in [1.54, 1.807) is 19.2 Å². The number of thiophene rings is 1. The molecule has 0 radical (unpaired) electrons. The van der Waals surface area contributed by atoms with Crippen LogP contribution in [0.2, 0.25) is 0 Å². The van der Waals surface area contributed by atoms with Crippen LogP contribution in [0.4, 0.5) is 10.1 Å². The molecule has 1 saturated heterocycles. The van der Waals surface area contributed by atoms with Crippen molar-refractivity contribution >= 4 is 44.1 Å². The van der Waals surface area contributed by atoms with Crippen LogP contribution in [-0.2, 0) is 0 Å². The number of hydrogen-bond donors (Lipinski definition) is 0. The number of halogens is 1. The zero-order valence-corrected chi connectivity index (χ0v) is 17.3. The van der Waals surface area contributed by atoms with Gasteiger partial charge in [-0.15, -0.1) is 11.3 Å². The first-order chi connectivity index (χ1) is 14.6. The molecule has 1 aliphatic heterocycles. The number of ether oxygens (including phenoxy) is 1. The number of nitrogens with zero attached hydrogens (tertiary/aromatic N) is 3. The average Bonchev–Trinajstić information content (AvgIpc) is 3.20. The number of anilines is 1. The van der Waals surface area contributed by atoms with Gasteiger partial charge in [0.1, 0.15) is 16.4 Å². The lowest BCUT2D eigenvalue weighted by Crippen LogP contribution is -2.48. The van der Waals surface area contributed by atoms with E-state index in [9.17, 15) is 9.18 Å². The van der Waals surface area contributed by atoms with Gasteiger partial charge in [-0.25, -0.2) is 9.37 Å². The molecule has 152 valence electrons. The highest BCUT2D eigenvalue weighted by atomic mass is 32.1. The Labute approximate surface area is 177 Å². The van der Waals surface area contributed by atoms with E-state index in [-0.39, 0.29) is 11.7 Å². The fourth-order valence-corrected chi connectivity index (χ4v) is 4.80. The van der Waals surface area contributed by atoms with E-state index in [1.807, 2.05) is 29.2 Å². The van der Waals surface area contributed by atoms with Crippen molar-refractivity contribution in [3.8, 4) is 5.75 Å². The molecule has 0 aliphatic carbocycles. The fraction of sp³-hybridized carbons (Fsp3) is 0.217. The van der Waals surface area contributed by atoms with Crippen LogP contribution in [-0.4, -0.2) is 49.1 Å². The van der Waals surface area contributed by atoms with Crippen molar-refractivity contribution in [2.75, 3.05) is 38.2 Å². The molecule has 30 heavy (non-hydrogen) atoms. The second kappa shape index (κ2) is 7.57. The summed E-state index contributed by atoms with van der Waals surface area (Å²) < 4.78 is 18.4. The number of fused-ring (bicyclic) bond motifs is 2. The van der Waals surface area contributed by atoms with E-state index in [1.165, 1.54) is 23.5 Å². The summed E-state index contributed by atoms with van der Waals surface area (Å²) in [6.07, 6.45) is 0. The number of methoxy groups -OCH3 is 1. The molecule has 0 spiro atoms. The maximum absolute atomic E-state index is 13.1. The highest BCUT2D eigenvalue weighted by molar-refractivity contribution is 7.20. The van der Waals surface area contributed by atoms with Crippen molar-refractivity contribution < 1.29 is 13.9 Å². The van der Waals surface area contributed by atoms with Gasteiger partial charge in [-0.3, -0.25) is 4.79 Å². The standard InChI is InChI=1S/C23H20FN3O2S/c1-29-19-7-2-15-12-16-13-21(30-22(16)25-20(15)14-19)23(28)27-10-8-26(9-11-27)18-5-3-17(24)4-6-18/h2-7,12-14H,8-11H2,1H3. The maximum atomic E-state index is 13.1. The molecule has 7 heteroatoms. The Morgan fingerprint density at radius 3 is 2.50 bits per heavy atom. The third-order valence-corrected chi connectivity index (χ3v) is 6.51. The predicted molar refractivity (Wildman–Crippen MR) is 118 cm³/mol. The van der Waals surface area contributed by atoms with Crippen LogP contribution >= 0.6 is 11.3 Å². The zero-order valence-electron chi connectivity index (χ0n) is 16.5. The number of aromatic nitrogens is 1. The second-order valence-corrected chi connectivity index (χ2v) is 8.34. The van der Waals surface area contributed by atoms with Crippen molar-refractivity contribution in [2.24, 2.45) is 0 Å². The Bertz CT molecular complexity index is 1230. The van der Waals surface area contributed by atoms with Gasteiger partial charge in [-0.05, 0) is 48.5 Å². The van der Waals surface area contributed by atoms with Crippen LogP contribution < -0.4 is 9.64 Å². The van der Waals surface area contributed by atoms with Gasteiger partial charge in [0.25, 0.3) is 5.91 Å². The Balaban J connectivity index is 1.34. The monoisotopic (exact) mass is 421 g/mol. The lowest BCUT2D eigenvalue weighted by atomic mass is 10.2. The number of pyridine rings is 1. The molecule has 0 N–H and O–H groups in total. The van der Waals surface area contributed by atoms with E-state index < -0.39 is 0 Å². The second-order valence-electron chi connectivity index (χ2n) is 7.31. The first kappa shape index (κ1) is 18.8. The lowest BCUT2D eigenvalue weighted by Gasteiger charge is -2.36. The van der Waals surface area contributed by atoms with E-state index >= 15 is 0 Å². The van der Waals surface area contributed by atoms with Gasteiger partial charge < -0.3 is 14.5 Å². The normalized spacial score (nSPS) is 14.5. The molecule has 5 nitrogen and oxygen atoms in total. The minimum atomic E-state index is -0.239. The van der Waals surface area contributed by atoms with Crippen molar-refractivity contribution in [3.05, 3.63) is 65.3 Å². The van der Waals surface area contributed by atoms with Crippen LogP contribution in [0.25, 0.3) is 21.1 Å². The van der Waals surface area contributed by atoms with E-state index in [4.69, 9.17) is 9.72 Å². The molecular formula is C23H20FN3O2S. The molecule has 2 aromatic heterocycles. The molecule has 2 aromatic carbocycles. The van der Waals surface area contributed by atoms with Crippen LogP contribution in [0.3, 0.4) is 0 Å². The minimum absolute atomic E-state index is 0.0402. The van der Waals surface area contributed by atoms with Gasteiger partial charge >= 0.3 is 0 Å². The Morgan fingerprint density at radius 1 is 1.00 bits per heavy atom. The van der Waals surface area contributed by atoms with Gasteiger partial charge in [0.15, 0.2) is 0 Å². The van der Waals surface area contributed by atoms with E-state index in [0.717, 1.165) is 45.6 Å². The molecule has 0 unspecified atom stereocenters. The molecule has 3 heterocycles. The summed E-state index contributed by atoms with van der Waals surface area (Å²) in [5, 5.41) is 2.00. The quantitative estimate of drug-likeness (QED) is 0.487. The topological polar surface area (TPSA) is 45.7 Å². The highest BCUT2D eigenvalue weighted by Gasteiger charge is 2.24. The highest BCUT2D eigenvalue weighted by Crippen LogP contribution is 2.30. The fourth-order valence-electron chi connectivity index (χ4n) is 3.81. The summed E-state index contributed by atoms with van der Waals surface area (Å²) >= 11 is 1.43. The number of carbonyl (C=O) groups excluding carboxylic acids is 1. The van der Waals surface area contributed by atoms with Crippen molar-refractivity contribution in [2.45, 2.75) is 0 Å². The molecule has 5 rings (SSSR count). The maximum Gasteiger partial charge on any atom is 0.264 e. The Morgan fingerprint density at radius 2 is 1.77 bits per heavy atom. The van der Waals surface area contributed by atoms with Crippen LogP contribution in [0.1, 0.15) is 9.67 Å². The molecular weight excluding hydrogens is 401 g/mol. The van der Waals surface area contributed by atoms with Crippen LogP contribution in [0.15, 0.2) is 54.6 Å². The number of piperazine rings is 1. The summed E-state index contributed by atoms with van der Waals surface area (Å²) in [7, 11) is 1.64. The third-order valence-electron chi connectivity index (χ3n) is 5.48. The molecule has 4 aromatic rings. The van der Waals surface area contributed by atoms with Crippen molar-refractivity contribution in [3.63, 3.8) is 0 Å². The molecule has 1 amide bonds. The van der Waals surface area contributed by atoms with Gasteiger partial charge in [0, 0.05) is 48.7 Å². The molecule has 0 saturated carbocycles. The van der Waals surface area contributed by atoms with Crippen molar-refractivity contribution in [1.82, 2.24) is 9.88 Å². The predicted octanol–water partition coefficient (Wildman–Crippen LogP) is 4.56. The molecule has 1 aliphatic rings. The number of rotatable bonds is 3. The Kier molecular flexibility index (Phi) is 4.75. The van der Waals surface area contributed by atoms with Gasteiger partial charge in [-0.2, -0.15) is 0 Å². The summed E-state index contributed by atoms with van der Waals surface area (Å²) in [6.45, 7) is 2.72. The summed E-state index contributed by atoms with van der Waals surface area (Å²) in [5.74, 6) is 0.566. The van der Waals surface area contributed by atoms with E-state index in [0.29, 0.717) is 18.0 Å². The number of amides is 1. The minimum Gasteiger partial charge on any atom is -0.497 e. The summed E-state index contributed by atoms with van der Waals surface area (Å²) in [4.78, 5) is 23.4. The van der Waals surface area contributed by atoms with Gasteiger partial charge in [0.2, 0.25) is 0 Å². The van der Waals surface area contributed by atoms with Crippen LogP contribution in [0, 0.1) is 5.82 Å². The number of benzene rings is 2. The largest absolute Gasteiger partial charge is 0.497 e. The average molecular weight is 421 g/mol. The van der Waals surface area contributed by atoms with Gasteiger partial charge in [0.05, 0.1) is 17.5 Å². The molecule has 0 atom stereocenters. The summed E-state index contributed by atoms with van der Waals surface area (Å²) in [5.41, 5.74) is 1.84. The number of carbonyl (C=O) groups is 1. The third kappa shape index (κ3) is 3.45. The molecule has 1 fully saturated rings. The number of hydrogen-bond acceptors (Lipinski definition) is 5. The Hall–Kier alpha value is -3.19. The SMILES string of the molecule is COc1ccc2cc3cc(C(=O)N4CCN(c5ccc(F)cc5)CC4)sc3nc2c1. The lowest BCUT2D eigenvalue weighted by molar-refractivity contribution is 0.0751. The molecule has 0 bridgehead atoms. The smallest absolute Gasteiger partial charge is 0.264 e. The first-order valence-corrected chi connectivity index (χ1v) is 10.6.